The molecule has 4 atom stereocenters. The van der Waals surface area contributed by atoms with Gasteiger partial charge in [-0.2, -0.15) is 0 Å². The van der Waals surface area contributed by atoms with E-state index in [0.717, 1.165) is 11.1 Å². The van der Waals surface area contributed by atoms with Crippen molar-refractivity contribution in [2.45, 2.75) is 70.2 Å². The number of methoxy groups -OCH3 is 2. The van der Waals surface area contributed by atoms with E-state index in [4.69, 9.17) is 14.2 Å². The van der Waals surface area contributed by atoms with Crippen LogP contribution in [0.4, 0.5) is 0 Å². The number of rotatable bonds is 9. The lowest BCUT2D eigenvalue weighted by Gasteiger charge is -2.29. The Morgan fingerprint density at radius 3 is 2.34 bits per heavy atom. The largest absolute Gasteiger partial charge is 0.484 e. The van der Waals surface area contributed by atoms with E-state index in [2.05, 4.69) is 16.0 Å². The van der Waals surface area contributed by atoms with E-state index in [0.29, 0.717) is 18.7 Å². The molecule has 1 saturated heterocycles. The topological polar surface area (TPSA) is 156 Å². The Labute approximate surface area is 294 Å². The number of fused-ring (bicyclic) bond motifs is 4. The van der Waals surface area contributed by atoms with Crippen LogP contribution >= 0.6 is 0 Å². The lowest BCUT2D eigenvalue weighted by Crippen LogP contribution is -2.56. The first-order valence-corrected chi connectivity index (χ1v) is 17.1. The normalized spacial score (nSPS) is 22.5. The molecule has 50 heavy (non-hydrogen) atoms. The number of benzene rings is 2. The van der Waals surface area contributed by atoms with Crippen LogP contribution in [0.5, 0.6) is 5.75 Å². The zero-order chi connectivity index (χ0) is 36.4. The summed E-state index contributed by atoms with van der Waals surface area (Å²) in [5.41, 5.74) is 0.538. The minimum atomic E-state index is -1.09. The molecular weight excluding hydrogens is 642 g/mol. The first-order chi connectivity index (χ1) is 23.8. The molecule has 0 spiro atoms. The van der Waals surface area contributed by atoms with E-state index in [-0.39, 0.29) is 57.0 Å². The van der Waals surface area contributed by atoms with Gasteiger partial charge in [-0.15, -0.1) is 0 Å². The smallest absolute Gasteiger partial charge is 0.258 e. The Hall–Kier alpha value is -4.49. The number of hydrogen-bond donors (Lipinski definition) is 3. The van der Waals surface area contributed by atoms with E-state index in [9.17, 15) is 24.0 Å². The van der Waals surface area contributed by atoms with Gasteiger partial charge in [0.1, 0.15) is 23.4 Å². The molecule has 0 radical (unpaired) electrons. The molecule has 2 heterocycles. The second kappa shape index (κ2) is 17.4. The van der Waals surface area contributed by atoms with Gasteiger partial charge < -0.3 is 40.0 Å². The van der Waals surface area contributed by atoms with Crippen LogP contribution in [0.2, 0.25) is 0 Å². The minimum absolute atomic E-state index is 0.0528. The van der Waals surface area contributed by atoms with Crippen molar-refractivity contribution in [3.8, 4) is 5.75 Å². The Kier molecular flexibility index (Phi) is 13.4. The summed E-state index contributed by atoms with van der Waals surface area (Å²) in [5.74, 6) is -1.98. The fourth-order valence-electron chi connectivity index (χ4n) is 6.28. The van der Waals surface area contributed by atoms with E-state index < -0.39 is 47.4 Å². The lowest BCUT2D eigenvalue weighted by molar-refractivity contribution is -0.150. The van der Waals surface area contributed by atoms with Crippen molar-refractivity contribution in [1.29, 1.82) is 0 Å². The monoisotopic (exact) mass is 693 g/mol. The van der Waals surface area contributed by atoms with Crippen molar-refractivity contribution in [3.63, 3.8) is 0 Å². The van der Waals surface area contributed by atoms with Crippen LogP contribution in [-0.4, -0.2) is 117 Å². The predicted octanol–water partition coefficient (Wildman–Crippen LogP) is 1.65. The van der Waals surface area contributed by atoms with Crippen molar-refractivity contribution in [1.82, 2.24) is 25.8 Å². The Bertz CT molecular complexity index is 1500. The van der Waals surface area contributed by atoms with E-state index in [1.807, 2.05) is 50.2 Å². The fourth-order valence-corrected chi connectivity index (χ4v) is 6.28. The summed E-state index contributed by atoms with van der Waals surface area (Å²) in [6.45, 7) is 7.32. The van der Waals surface area contributed by atoms with Crippen molar-refractivity contribution in [3.05, 3.63) is 65.7 Å². The SMILES string of the molecule is COCCN1CC(=O)N[C@@H](Cc2ccccc2)C(=O)N[C@@H]2CN(C(=O)C(C)(C)OC)C[C@H]2c2cccc(c2)OCC(=O)N[C@H](CC(C)C)C1=O. The zero-order valence-corrected chi connectivity index (χ0v) is 29.9. The van der Waals surface area contributed by atoms with Gasteiger partial charge in [0.2, 0.25) is 17.7 Å². The average molecular weight is 694 g/mol. The van der Waals surface area contributed by atoms with Crippen molar-refractivity contribution in [2.75, 3.05) is 53.6 Å². The number of likely N-dealkylation sites (tertiary alicyclic amines) is 1. The number of ether oxygens (including phenoxy) is 3. The predicted molar refractivity (Wildman–Crippen MR) is 186 cm³/mol. The van der Waals surface area contributed by atoms with Gasteiger partial charge in [-0.05, 0) is 49.4 Å². The minimum Gasteiger partial charge on any atom is -0.484 e. The first kappa shape index (κ1) is 38.3. The highest BCUT2D eigenvalue weighted by atomic mass is 16.5. The number of nitrogens with zero attached hydrogens (tertiary/aromatic N) is 2. The average Bonchev–Trinajstić information content (AvgIpc) is 3.51. The van der Waals surface area contributed by atoms with Gasteiger partial charge in [-0.3, -0.25) is 24.0 Å². The molecule has 3 N–H and O–H groups in total. The number of nitrogens with one attached hydrogen (secondary N) is 3. The van der Waals surface area contributed by atoms with Crippen molar-refractivity contribution >= 4 is 29.5 Å². The molecule has 1 fully saturated rings. The van der Waals surface area contributed by atoms with Crippen LogP contribution in [0.25, 0.3) is 0 Å². The third-order valence-electron chi connectivity index (χ3n) is 9.10. The maximum Gasteiger partial charge on any atom is 0.258 e. The van der Waals surface area contributed by atoms with Gasteiger partial charge in [0.25, 0.3) is 11.8 Å². The Morgan fingerprint density at radius 2 is 1.66 bits per heavy atom. The molecular formula is C37H51N5O8. The van der Waals surface area contributed by atoms with Gasteiger partial charge in [0.15, 0.2) is 6.61 Å². The maximum atomic E-state index is 14.2. The number of carbonyl (C=O) groups is 5. The lowest BCUT2D eigenvalue weighted by atomic mass is 9.93. The molecule has 272 valence electrons. The highest BCUT2D eigenvalue weighted by Crippen LogP contribution is 2.32. The van der Waals surface area contributed by atoms with Gasteiger partial charge in [-0.1, -0.05) is 56.3 Å². The molecule has 2 aromatic rings. The van der Waals surface area contributed by atoms with E-state index in [1.165, 1.54) is 19.1 Å². The van der Waals surface area contributed by atoms with Crippen LogP contribution < -0.4 is 20.7 Å². The van der Waals surface area contributed by atoms with Crippen LogP contribution in [0.3, 0.4) is 0 Å². The molecule has 4 rings (SSSR count). The van der Waals surface area contributed by atoms with Crippen LogP contribution in [0.1, 0.15) is 51.2 Å². The van der Waals surface area contributed by atoms with E-state index >= 15 is 0 Å². The summed E-state index contributed by atoms with van der Waals surface area (Å²) in [7, 11) is 2.97. The Morgan fingerprint density at radius 1 is 0.940 bits per heavy atom. The zero-order valence-electron chi connectivity index (χ0n) is 29.9. The molecule has 13 heteroatoms. The summed E-state index contributed by atoms with van der Waals surface area (Å²) in [6.07, 6.45) is 0.527. The summed E-state index contributed by atoms with van der Waals surface area (Å²) >= 11 is 0. The standard InChI is InChI=1S/C37H51N5O8/c1-24(2)17-30-35(46)41(15-16-48-5)22-32(43)38-29(18-25-11-8-7-9-12-25)34(45)40-31-21-42(36(47)37(3,4)49-6)20-28(31)26-13-10-14-27(19-26)50-23-33(44)39-30/h7-14,19,24,28-31H,15-18,20-23H2,1-6H3,(H,38,43)(H,39,44)(H,40,45)/t28-,29-,30+,31+/m0/s1. The molecule has 2 aliphatic heterocycles. The van der Waals surface area contributed by atoms with Gasteiger partial charge >= 0.3 is 0 Å². The fraction of sp³-hybridized carbons (Fsp3) is 0.541. The van der Waals surface area contributed by atoms with Gasteiger partial charge in [-0.25, -0.2) is 0 Å². The first-order valence-electron chi connectivity index (χ1n) is 17.1. The van der Waals surface area contributed by atoms with E-state index in [1.54, 1.807) is 36.9 Å². The Balaban J connectivity index is 1.74. The number of hydrogen-bond acceptors (Lipinski definition) is 8. The summed E-state index contributed by atoms with van der Waals surface area (Å²) < 4.78 is 16.6. The molecule has 2 bridgehead atoms. The molecule has 0 unspecified atom stereocenters. The van der Waals surface area contributed by atoms with Gasteiger partial charge in [0, 0.05) is 46.2 Å². The van der Waals surface area contributed by atoms with Crippen LogP contribution in [0, 0.1) is 5.92 Å². The summed E-state index contributed by atoms with van der Waals surface area (Å²) in [5, 5.41) is 8.81. The third kappa shape index (κ3) is 10.3. The number of amides is 5. The van der Waals surface area contributed by atoms with Crippen LogP contribution in [-0.2, 0) is 39.9 Å². The molecule has 2 aliphatic rings. The summed E-state index contributed by atoms with van der Waals surface area (Å²) in [4.78, 5) is 71.4. The summed E-state index contributed by atoms with van der Waals surface area (Å²) in [6, 6.07) is 14.1. The molecule has 0 aromatic heterocycles. The quantitative estimate of drug-likeness (QED) is 0.358. The van der Waals surface area contributed by atoms with Gasteiger partial charge in [0.05, 0.1) is 19.2 Å². The second-order valence-electron chi connectivity index (χ2n) is 13.8. The molecule has 13 nitrogen and oxygen atoms in total. The number of carbonyl (C=O) groups excluding carboxylic acids is 5. The van der Waals surface area contributed by atoms with Crippen molar-refractivity contribution < 1.29 is 38.2 Å². The highest BCUT2D eigenvalue weighted by Gasteiger charge is 2.42. The second-order valence-corrected chi connectivity index (χ2v) is 13.8. The van der Waals surface area contributed by atoms with Crippen LogP contribution in [0.15, 0.2) is 54.6 Å². The molecule has 5 amide bonds. The molecule has 0 saturated carbocycles. The maximum absolute atomic E-state index is 14.2. The third-order valence-corrected chi connectivity index (χ3v) is 9.10. The molecule has 2 aromatic carbocycles. The van der Waals surface area contributed by atoms with Crippen molar-refractivity contribution in [2.24, 2.45) is 5.92 Å². The highest BCUT2D eigenvalue weighted by molar-refractivity contribution is 5.93. The molecule has 0 aliphatic carbocycles.